The number of piperidine rings is 1. The van der Waals surface area contributed by atoms with E-state index < -0.39 is 17.2 Å². The molecule has 1 aromatic carbocycles. The van der Waals surface area contributed by atoms with E-state index in [1.54, 1.807) is 17.0 Å². The minimum atomic E-state index is -4.55. The minimum Gasteiger partial charge on any atom is -0.472 e. The summed E-state index contributed by atoms with van der Waals surface area (Å²) < 4.78 is 47.0. The molecule has 0 bridgehead atoms. The van der Waals surface area contributed by atoms with Gasteiger partial charge in [-0.15, -0.1) is 0 Å². The molecule has 4 saturated heterocycles. The van der Waals surface area contributed by atoms with Crippen molar-refractivity contribution in [2.45, 2.75) is 51.1 Å². The number of nitrogens with one attached hydrogen (secondary N) is 1. The van der Waals surface area contributed by atoms with E-state index in [0.29, 0.717) is 43.6 Å². The molecule has 0 aliphatic carbocycles. The van der Waals surface area contributed by atoms with Crippen molar-refractivity contribution in [3.63, 3.8) is 0 Å². The molecular formula is C28H35F3N4O3. The van der Waals surface area contributed by atoms with Crippen LogP contribution in [0.2, 0.25) is 0 Å². The number of alkyl halides is 3. The van der Waals surface area contributed by atoms with Gasteiger partial charge in [0.05, 0.1) is 28.5 Å². The number of anilines is 2. The van der Waals surface area contributed by atoms with Crippen LogP contribution < -0.4 is 15.1 Å². The lowest BCUT2D eigenvalue weighted by Gasteiger charge is -2.38. The summed E-state index contributed by atoms with van der Waals surface area (Å²) in [6, 6.07) is 5.93. The highest BCUT2D eigenvalue weighted by Gasteiger charge is 2.50. The topological polar surface area (TPSA) is 69.0 Å². The summed E-state index contributed by atoms with van der Waals surface area (Å²) in [4.78, 5) is 31.0. The number of carbonyl (C=O) groups excluding carboxylic acids is 2. The Labute approximate surface area is 220 Å². The molecule has 10 heteroatoms. The molecule has 6 rings (SSSR count). The van der Waals surface area contributed by atoms with Gasteiger partial charge in [-0.1, -0.05) is 0 Å². The van der Waals surface area contributed by atoms with Gasteiger partial charge in [-0.05, 0) is 82.3 Å². The third kappa shape index (κ3) is 5.41. The van der Waals surface area contributed by atoms with Gasteiger partial charge in [-0.25, -0.2) is 0 Å². The molecule has 1 spiro atoms. The van der Waals surface area contributed by atoms with Gasteiger partial charge in [0.15, 0.2) is 0 Å². The number of carbonyl (C=O) groups is 2. The Hall–Kier alpha value is -3.01. The molecular weight excluding hydrogens is 497 g/mol. The van der Waals surface area contributed by atoms with E-state index in [1.807, 2.05) is 4.90 Å². The zero-order chi connectivity index (χ0) is 26.8. The van der Waals surface area contributed by atoms with Gasteiger partial charge in [0.2, 0.25) is 5.91 Å². The summed E-state index contributed by atoms with van der Waals surface area (Å²) in [6.07, 6.45) is 4.36. The molecule has 7 nitrogen and oxygen atoms in total. The van der Waals surface area contributed by atoms with Crippen molar-refractivity contribution >= 4 is 23.2 Å². The van der Waals surface area contributed by atoms with Crippen molar-refractivity contribution in [2.75, 3.05) is 55.6 Å². The number of halogens is 3. The van der Waals surface area contributed by atoms with Crippen LogP contribution in [-0.2, 0) is 11.0 Å². The maximum absolute atomic E-state index is 14.0. The Balaban J connectivity index is 0.000000529. The molecule has 0 saturated carbocycles. The molecule has 38 heavy (non-hydrogen) atoms. The molecule has 0 atom stereocenters. The average molecular weight is 533 g/mol. The third-order valence-corrected chi connectivity index (χ3v) is 8.29. The summed E-state index contributed by atoms with van der Waals surface area (Å²) in [6.45, 7) is 5.03. The second-order valence-electron chi connectivity index (χ2n) is 10.6. The van der Waals surface area contributed by atoms with Gasteiger partial charge >= 0.3 is 6.18 Å². The highest BCUT2D eigenvalue weighted by atomic mass is 19.4. The molecule has 0 radical (unpaired) electrons. The number of furan rings is 1. The van der Waals surface area contributed by atoms with Crippen molar-refractivity contribution in [1.82, 2.24) is 10.2 Å². The zero-order valence-corrected chi connectivity index (χ0v) is 21.6. The van der Waals surface area contributed by atoms with Crippen LogP contribution in [0.25, 0.3) is 0 Å². The Morgan fingerprint density at radius 3 is 2.18 bits per heavy atom. The fourth-order valence-electron chi connectivity index (χ4n) is 6.00. The number of nitrogens with zero attached hydrogens (tertiary/aromatic N) is 3. The second-order valence-corrected chi connectivity index (χ2v) is 10.6. The van der Waals surface area contributed by atoms with Crippen molar-refractivity contribution in [3.8, 4) is 0 Å². The van der Waals surface area contributed by atoms with E-state index in [1.165, 1.54) is 55.5 Å². The molecule has 1 aromatic heterocycles. The first kappa shape index (κ1) is 26.6. The first-order valence-corrected chi connectivity index (χ1v) is 13.6. The van der Waals surface area contributed by atoms with E-state index in [2.05, 4.69) is 5.32 Å². The smallest absolute Gasteiger partial charge is 0.418 e. The maximum atomic E-state index is 14.0. The highest BCUT2D eigenvalue weighted by Crippen LogP contribution is 2.47. The van der Waals surface area contributed by atoms with Crippen LogP contribution >= 0.6 is 0 Å². The number of amides is 2. The number of rotatable bonds is 3. The summed E-state index contributed by atoms with van der Waals surface area (Å²) in [7, 11) is 0. The summed E-state index contributed by atoms with van der Waals surface area (Å²) in [5.41, 5.74) is -0.535. The lowest BCUT2D eigenvalue weighted by molar-refractivity contribution is -0.137. The molecule has 206 valence electrons. The standard InChI is InChI=1S/C24H26F3N3O3.C4H9N/c25-24(26,27)19-15-18(28-9-1-2-10-28)3-4-20(19)30-13-8-23(22(30)32)6-11-29(12-7-23)21(31)17-5-14-33-16-17;1-2-4-5-3-1/h3-5,14-16H,1-2,6-13H2;5H,1-4H2. The summed E-state index contributed by atoms with van der Waals surface area (Å²) in [5, 5.41) is 3.22. The Morgan fingerprint density at radius 2 is 1.61 bits per heavy atom. The van der Waals surface area contributed by atoms with E-state index >= 15 is 0 Å². The zero-order valence-electron chi connectivity index (χ0n) is 21.6. The predicted molar refractivity (Wildman–Crippen MR) is 138 cm³/mol. The summed E-state index contributed by atoms with van der Waals surface area (Å²) in [5.74, 6) is -0.421. The van der Waals surface area contributed by atoms with E-state index in [0.717, 1.165) is 25.9 Å². The third-order valence-electron chi connectivity index (χ3n) is 8.29. The van der Waals surface area contributed by atoms with E-state index in [-0.39, 0.29) is 24.0 Å². The van der Waals surface area contributed by atoms with Crippen molar-refractivity contribution in [1.29, 1.82) is 0 Å². The largest absolute Gasteiger partial charge is 0.472 e. The van der Waals surface area contributed by atoms with Crippen molar-refractivity contribution in [2.24, 2.45) is 5.41 Å². The van der Waals surface area contributed by atoms with Crippen LogP contribution in [0, 0.1) is 5.41 Å². The van der Waals surface area contributed by atoms with Gasteiger partial charge in [-0.3, -0.25) is 9.59 Å². The fourth-order valence-corrected chi connectivity index (χ4v) is 6.00. The molecule has 0 unspecified atom stereocenters. The molecule has 2 aromatic rings. The Morgan fingerprint density at radius 1 is 0.921 bits per heavy atom. The lowest BCUT2D eigenvalue weighted by atomic mass is 9.77. The predicted octanol–water partition coefficient (Wildman–Crippen LogP) is 4.93. The monoisotopic (exact) mass is 532 g/mol. The van der Waals surface area contributed by atoms with Gasteiger partial charge < -0.3 is 24.4 Å². The normalized spacial score (nSPS) is 21.2. The fraction of sp³-hybridized carbons (Fsp3) is 0.571. The van der Waals surface area contributed by atoms with Gasteiger partial charge in [0, 0.05) is 38.4 Å². The second kappa shape index (κ2) is 11.0. The quantitative estimate of drug-likeness (QED) is 0.608. The first-order chi connectivity index (χ1) is 18.3. The SMILES string of the molecule is C1CCNC1.O=C(c1ccoc1)N1CCC2(CC1)CCN(c1ccc(N3CCCC3)cc1C(F)(F)F)C2=O. The Kier molecular flexibility index (Phi) is 7.70. The van der Waals surface area contributed by atoms with E-state index in [4.69, 9.17) is 4.42 Å². The van der Waals surface area contributed by atoms with Crippen molar-refractivity contribution < 1.29 is 27.2 Å². The number of hydrogen-bond acceptors (Lipinski definition) is 5. The number of likely N-dealkylation sites (tertiary alicyclic amines) is 1. The van der Waals surface area contributed by atoms with Crippen LogP contribution in [0.5, 0.6) is 0 Å². The molecule has 4 aliphatic rings. The van der Waals surface area contributed by atoms with E-state index in [9.17, 15) is 22.8 Å². The molecule has 4 aliphatic heterocycles. The van der Waals surface area contributed by atoms with Gasteiger partial charge in [0.1, 0.15) is 6.26 Å². The van der Waals surface area contributed by atoms with Gasteiger partial charge in [-0.2, -0.15) is 13.2 Å². The molecule has 4 fully saturated rings. The average Bonchev–Trinajstić information content (AvgIpc) is 3.74. The highest BCUT2D eigenvalue weighted by molar-refractivity contribution is 6.01. The number of benzene rings is 1. The number of hydrogen-bond donors (Lipinski definition) is 1. The van der Waals surface area contributed by atoms with Gasteiger partial charge in [0.25, 0.3) is 5.91 Å². The molecule has 5 heterocycles. The minimum absolute atomic E-state index is 0.0655. The first-order valence-electron chi connectivity index (χ1n) is 13.6. The van der Waals surface area contributed by atoms with Crippen LogP contribution in [-0.4, -0.2) is 62.5 Å². The summed E-state index contributed by atoms with van der Waals surface area (Å²) >= 11 is 0. The lowest BCUT2D eigenvalue weighted by Crippen LogP contribution is -2.46. The van der Waals surface area contributed by atoms with Crippen molar-refractivity contribution in [3.05, 3.63) is 47.9 Å². The van der Waals surface area contributed by atoms with Crippen LogP contribution in [0.3, 0.4) is 0 Å². The molecule has 1 N–H and O–H groups in total. The Bertz CT molecular complexity index is 1110. The molecule has 2 amide bonds. The van der Waals surface area contributed by atoms with Crippen LogP contribution in [0.4, 0.5) is 24.5 Å². The van der Waals surface area contributed by atoms with Crippen LogP contribution in [0.15, 0.2) is 41.2 Å². The maximum Gasteiger partial charge on any atom is 0.418 e. The van der Waals surface area contributed by atoms with Crippen LogP contribution in [0.1, 0.15) is 60.9 Å².